The Morgan fingerprint density at radius 3 is 2.24 bits per heavy atom. The van der Waals surface area contributed by atoms with Crippen molar-refractivity contribution in [2.45, 2.75) is 6.36 Å². The number of hydrogen-bond donors (Lipinski definition) is 2. The molecular weight excluding hydrogens is 283 g/mol. The maximum atomic E-state index is 12.0. The van der Waals surface area contributed by atoms with Gasteiger partial charge in [0.2, 0.25) is 0 Å². The summed E-state index contributed by atoms with van der Waals surface area (Å²) in [6.45, 7) is 0. The van der Waals surface area contributed by atoms with Crippen molar-refractivity contribution < 1.29 is 17.9 Å². The molecule has 2 aromatic rings. The first-order valence-electron chi connectivity index (χ1n) is 5.80. The van der Waals surface area contributed by atoms with Crippen LogP contribution in [-0.4, -0.2) is 6.36 Å². The normalized spacial score (nSPS) is 10.8. The van der Waals surface area contributed by atoms with Gasteiger partial charge in [0.1, 0.15) is 11.8 Å². The predicted molar refractivity (Wildman–Crippen MR) is 72.0 cm³/mol. The molecule has 0 unspecified atom stereocenters. The second-order valence-corrected chi connectivity index (χ2v) is 4.11. The molecule has 3 N–H and O–H groups in total. The molecule has 0 saturated carbocycles. The van der Waals surface area contributed by atoms with Crippen LogP contribution >= 0.6 is 0 Å². The number of nitrogens with zero attached hydrogens (tertiary/aromatic N) is 1. The van der Waals surface area contributed by atoms with Gasteiger partial charge in [0.05, 0.1) is 5.56 Å². The van der Waals surface area contributed by atoms with Gasteiger partial charge in [-0.1, -0.05) is 0 Å². The fourth-order valence-electron chi connectivity index (χ4n) is 1.64. The molecular formula is C14H10F3N3O. The van der Waals surface area contributed by atoms with Gasteiger partial charge in [-0.15, -0.1) is 13.2 Å². The molecule has 4 nitrogen and oxygen atoms in total. The molecule has 0 aliphatic carbocycles. The van der Waals surface area contributed by atoms with Crippen LogP contribution in [0.5, 0.6) is 5.75 Å². The summed E-state index contributed by atoms with van der Waals surface area (Å²) in [5.74, 6) is -0.303. The Hall–Kier alpha value is -2.88. The molecule has 21 heavy (non-hydrogen) atoms. The van der Waals surface area contributed by atoms with E-state index in [2.05, 4.69) is 10.1 Å². The quantitative estimate of drug-likeness (QED) is 0.845. The van der Waals surface area contributed by atoms with Crippen LogP contribution in [-0.2, 0) is 0 Å². The molecule has 0 bridgehead atoms. The Kier molecular flexibility index (Phi) is 3.89. The topological polar surface area (TPSA) is 71.1 Å². The zero-order chi connectivity index (χ0) is 15.5. The number of hydrogen-bond acceptors (Lipinski definition) is 4. The largest absolute Gasteiger partial charge is 0.573 e. The number of nitrogens with two attached hydrogens (primary N) is 1. The summed E-state index contributed by atoms with van der Waals surface area (Å²) in [7, 11) is 0. The number of nitriles is 1. The predicted octanol–water partition coefficient (Wildman–Crippen LogP) is 3.78. The fraction of sp³-hybridized carbons (Fsp3) is 0.0714. The highest BCUT2D eigenvalue weighted by Gasteiger charge is 2.30. The molecule has 0 amide bonds. The molecule has 0 atom stereocenters. The minimum absolute atomic E-state index is 0.303. The van der Waals surface area contributed by atoms with Gasteiger partial charge >= 0.3 is 6.36 Å². The van der Waals surface area contributed by atoms with E-state index in [0.29, 0.717) is 22.6 Å². The number of alkyl halides is 3. The highest BCUT2D eigenvalue weighted by Crippen LogP contribution is 2.26. The summed E-state index contributed by atoms with van der Waals surface area (Å²) < 4.78 is 39.9. The Labute approximate surface area is 118 Å². The van der Waals surface area contributed by atoms with Crippen molar-refractivity contribution in [2.24, 2.45) is 0 Å². The van der Waals surface area contributed by atoms with Crippen LogP contribution < -0.4 is 15.8 Å². The summed E-state index contributed by atoms with van der Waals surface area (Å²) in [5.41, 5.74) is 7.43. The van der Waals surface area contributed by atoms with Gasteiger partial charge in [0, 0.05) is 17.1 Å². The van der Waals surface area contributed by atoms with Crippen LogP contribution in [0.3, 0.4) is 0 Å². The lowest BCUT2D eigenvalue weighted by molar-refractivity contribution is -0.274. The Morgan fingerprint density at radius 2 is 1.67 bits per heavy atom. The van der Waals surface area contributed by atoms with Crippen LogP contribution in [0.4, 0.5) is 30.2 Å². The molecule has 108 valence electrons. The van der Waals surface area contributed by atoms with Crippen molar-refractivity contribution in [3.8, 4) is 11.8 Å². The first-order valence-corrected chi connectivity index (χ1v) is 5.80. The Bertz CT molecular complexity index is 675. The van der Waals surface area contributed by atoms with Gasteiger partial charge in [-0.25, -0.2) is 0 Å². The van der Waals surface area contributed by atoms with Crippen LogP contribution in [0.15, 0.2) is 42.5 Å². The van der Waals surface area contributed by atoms with Crippen molar-refractivity contribution >= 4 is 17.1 Å². The van der Waals surface area contributed by atoms with E-state index in [1.165, 1.54) is 24.3 Å². The van der Waals surface area contributed by atoms with Crippen LogP contribution in [0.1, 0.15) is 5.56 Å². The van der Waals surface area contributed by atoms with E-state index in [0.717, 1.165) is 0 Å². The molecule has 7 heteroatoms. The van der Waals surface area contributed by atoms with E-state index in [4.69, 9.17) is 11.0 Å². The van der Waals surface area contributed by atoms with E-state index >= 15 is 0 Å². The standard InChI is InChI=1S/C14H10F3N3O/c15-14(16,17)21-12-4-1-10(2-5-12)20-11-3-6-13(19)9(7-11)8-18/h1-7,20H,19H2. The van der Waals surface area contributed by atoms with Crippen LogP contribution in [0, 0.1) is 11.3 Å². The highest BCUT2D eigenvalue weighted by atomic mass is 19.4. The van der Waals surface area contributed by atoms with Gasteiger partial charge in [-0.3, -0.25) is 0 Å². The van der Waals surface area contributed by atoms with E-state index < -0.39 is 6.36 Å². The second-order valence-electron chi connectivity index (χ2n) is 4.11. The van der Waals surface area contributed by atoms with Gasteiger partial charge < -0.3 is 15.8 Å². The van der Waals surface area contributed by atoms with Crippen molar-refractivity contribution in [1.82, 2.24) is 0 Å². The van der Waals surface area contributed by atoms with Gasteiger partial charge in [-0.2, -0.15) is 5.26 Å². The van der Waals surface area contributed by atoms with Crippen molar-refractivity contribution in [3.05, 3.63) is 48.0 Å². The highest BCUT2D eigenvalue weighted by molar-refractivity contribution is 5.67. The maximum absolute atomic E-state index is 12.0. The minimum Gasteiger partial charge on any atom is -0.406 e. The lowest BCUT2D eigenvalue weighted by atomic mass is 10.1. The minimum atomic E-state index is -4.71. The summed E-state index contributed by atoms with van der Waals surface area (Å²) >= 11 is 0. The van der Waals surface area contributed by atoms with Crippen molar-refractivity contribution in [3.63, 3.8) is 0 Å². The molecule has 0 heterocycles. The molecule has 2 rings (SSSR count). The van der Waals surface area contributed by atoms with Crippen molar-refractivity contribution in [1.29, 1.82) is 5.26 Å². The van der Waals surface area contributed by atoms with E-state index in [1.54, 1.807) is 18.2 Å². The van der Waals surface area contributed by atoms with Gasteiger partial charge in [0.25, 0.3) is 0 Å². The SMILES string of the molecule is N#Cc1cc(Nc2ccc(OC(F)(F)F)cc2)ccc1N. The van der Waals surface area contributed by atoms with Crippen LogP contribution in [0.2, 0.25) is 0 Å². The van der Waals surface area contributed by atoms with Crippen molar-refractivity contribution in [2.75, 3.05) is 11.1 Å². The molecule has 0 radical (unpaired) electrons. The number of benzene rings is 2. The smallest absolute Gasteiger partial charge is 0.406 e. The Morgan fingerprint density at radius 1 is 1.05 bits per heavy atom. The first-order chi connectivity index (χ1) is 9.87. The summed E-state index contributed by atoms with van der Waals surface area (Å²) in [6, 6.07) is 12.0. The Balaban J connectivity index is 2.12. The van der Waals surface area contributed by atoms with Gasteiger partial charge in [0.15, 0.2) is 0 Å². The lowest BCUT2D eigenvalue weighted by Crippen LogP contribution is -2.16. The van der Waals surface area contributed by atoms with Crippen LogP contribution in [0.25, 0.3) is 0 Å². The maximum Gasteiger partial charge on any atom is 0.573 e. The summed E-state index contributed by atoms with van der Waals surface area (Å²) in [4.78, 5) is 0. The molecule has 0 aliphatic rings. The number of halogens is 3. The third kappa shape index (κ3) is 4.04. The summed E-state index contributed by atoms with van der Waals surface area (Å²) in [6.07, 6.45) is -4.71. The zero-order valence-corrected chi connectivity index (χ0v) is 10.6. The average molecular weight is 293 g/mol. The van der Waals surface area contributed by atoms with E-state index in [1.807, 2.05) is 6.07 Å². The molecule has 0 saturated heterocycles. The number of nitrogen functional groups attached to an aromatic ring is 1. The molecule has 0 spiro atoms. The third-order valence-electron chi connectivity index (χ3n) is 2.55. The monoisotopic (exact) mass is 293 g/mol. The zero-order valence-electron chi connectivity index (χ0n) is 10.6. The summed E-state index contributed by atoms with van der Waals surface area (Å²) in [5, 5.41) is 11.8. The molecule has 0 aliphatic heterocycles. The number of rotatable bonds is 3. The van der Waals surface area contributed by atoms with Gasteiger partial charge in [-0.05, 0) is 42.5 Å². The number of ether oxygens (including phenoxy) is 1. The first kappa shape index (κ1) is 14.5. The molecule has 2 aromatic carbocycles. The second kappa shape index (κ2) is 5.63. The number of nitrogens with one attached hydrogen (secondary N) is 1. The molecule has 0 aromatic heterocycles. The third-order valence-corrected chi connectivity index (χ3v) is 2.55. The lowest BCUT2D eigenvalue weighted by Gasteiger charge is -2.11. The molecule has 0 fully saturated rings. The average Bonchev–Trinajstić information content (AvgIpc) is 2.41. The van der Waals surface area contributed by atoms with E-state index in [9.17, 15) is 13.2 Å². The fourth-order valence-corrected chi connectivity index (χ4v) is 1.64. The van der Waals surface area contributed by atoms with E-state index in [-0.39, 0.29) is 5.75 Å². The number of anilines is 3.